The van der Waals surface area contributed by atoms with Crippen molar-refractivity contribution in [3.63, 3.8) is 0 Å². The zero-order chi connectivity index (χ0) is 9.10. The molecule has 0 bridgehead atoms. The molecule has 1 aromatic carbocycles. The third-order valence-electron chi connectivity index (χ3n) is 1.93. The highest BCUT2D eigenvalue weighted by Crippen LogP contribution is 2.21. The third kappa shape index (κ3) is 1.51. The van der Waals surface area contributed by atoms with Crippen LogP contribution < -0.4 is 0 Å². The van der Waals surface area contributed by atoms with Crippen LogP contribution in [-0.2, 0) is 0 Å². The topological polar surface area (TPSA) is 20.2 Å². The lowest BCUT2D eigenvalue weighted by Crippen LogP contribution is -1.89. The first-order chi connectivity index (χ1) is 6.38. The highest BCUT2D eigenvalue weighted by Gasteiger charge is 2.13. The highest BCUT2D eigenvalue weighted by atomic mass is 16.3. The third-order valence-corrected chi connectivity index (χ3v) is 1.93. The van der Waals surface area contributed by atoms with Crippen LogP contribution in [0.2, 0.25) is 0 Å². The molecule has 62 valence electrons. The van der Waals surface area contributed by atoms with Crippen LogP contribution in [0.1, 0.15) is 5.56 Å². The van der Waals surface area contributed by atoms with Crippen LogP contribution >= 0.6 is 0 Å². The van der Waals surface area contributed by atoms with E-state index in [2.05, 4.69) is 6.08 Å². The molecule has 0 amide bonds. The Morgan fingerprint density at radius 2 is 1.85 bits per heavy atom. The minimum atomic E-state index is 0.296. The predicted octanol–water partition coefficient (Wildman–Crippen LogP) is 2.88. The Hall–Kier alpha value is -1.85. The van der Waals surface area contributed by atoms with Gasteiger partial charge in [0.15, 0.2) is 0 Å². The monoisotopic (exact) mass is 169 g/mol. The molecule has 0 atom stereocenters. The first-order valence-corrected chi connectivity index (χ1v) is 4.12. The van der Waals surface area contributed by atoms with Gasteiger partial charge in [-0.3, -0.25) is 0 Å². The first-order valence-electron chi connectivity index (χ1n) is 4.12. The van der Waals surface area contributed by atoms with Crippen molar-refractivity contribution in [2.45, 2.75) is 0 Å². The Morgan fingerprint density at radius 3 is 2.54 bits per heavy atom. The van der Waals surface area contributed by atoms with Gasteiger partial charge in [-0.15, -0.1) is 0 Å². The van der Waals surface area contributed by atoms with Crippen LogP contribution in [0.5, 0.6) is 0 Å². The second-order valence-corrected chi connectivity index (χ2v) is 2.81. The average Bonchev–Trinajstić information content (AvgIpc) is 2.20. The van der Waals surface area contributed by atoms with Crippen LogP contribution in [-0.4, -0.2) is 5.11 Å². The summed E-state index contributed by atoms with van der Waals surface area (Å²) in [5, 5.41) is 9.54. The molecule has 0 aliphatic heterocycles. The lowest BCUT2D eigenvalue weighted by Gasteiger charge is -1.97. The normalized spacial score (nSPS) is 14.5. The Morgan fingerprint density at radius 1 is 1.08 bits per heavy atom. The van der Waals surface area contributed by atoms with Gasteiger partial charge in [0.2, 0.25) is 5.76 Å². The van der Waals surface area contributed by atoms with Crippen LogP contribution in [0, 0.1) is 6.08 Å². The average molecular weight is 169 g/mol. The second-order valence-electron chi connectivity index (χ2n) is 2.81. The first kappa shape index (κ1) is 7.78. The maximum atomic E-state index is 9.54. The van der Waals surface area contributed by atoms with Crippen molar-refractivity contribution in [2.75, 3.05) is 0 Å². The summed E-state index contributed by atoms with van der Waals surface area (Å²) >= 11 is 0. The SMILES string of the molecule is OC1=C(c2ccccc2)C=[C+]C=C1. The van der Waals surface area contributed by atoms with Gasteiger partial charge < -0.3 is 5.11 Å². The second kappa shape index (κ2) is 3.26. The number of allylic oxidation sites excluding steroid dienone is 5. The van der Waals surface area contributed by atoms with E-state index in [1.807, 2.05) is 30.3 Å². The van der Waals surface area contributed by atoms with Crippen LogP contribution in [0.4, 0.5) is 0 Å². The molecular formula is C12H9O+. The van der Waals surface area contributed by atoms with Gasteiger partial charge in [0, 0.05) is 11.6 Å². The van der Waals surface area contributed by atoms with Crippen molar-refractivity contribution in [1.29, 1.82) is 0 Å². The molecule has 0 aromatic heterocycles. The maximum absolute atomic E-state index is 9.54. The molecule has 1 heteroatoms. The Balaban J connectivity index is 2.48. The smallest absolute Gasteiger partial charge is 0.239 e. The summed E-state index contributed by atoms with van der Waals surface area (Å²) in [7, 11) is 0. The number of aliphatic hydroxyl groups is 1. The zero-order valence-corrected chi connectivity index (χ0v) is 7.07. The largest absolute Gasteiger partial charge is 0.487 e. The van der Waals surface area contributed by atoms with Gasteiger partial charge in [-0.05, 0) is 12.1 Å². The molecule has 0 fully saturated rings. The fraction of sp³-hybridized carbons (Fsp3) is 0. The maximum Gasteiger partial charge on any atom is 0.239 e. The van der Waals surface area contributed by atoms with Crippen molar-refractivity contribution in [2.24, 2.45) is 0 Å². The standard InChI is InChI=1S/C12H8O/c13-12-9-5-4-8-11(12)10-6-2-1-3-7-10/h1-3,5-9H/p+1. The van der Waals surface area contributed by atoms with Gasteiger partial charge in [0.05, 0.1) is 6.08 Å². The molecule has 2 rings (SSSR count). The number of hydrogen-bond acceptors (Lipinski definition) is 1. The molecule has 0 saturated carbocycles. The highest BCUT2D eigenvalue weighted by molar-refractivity contribution is 5.77. The number of aliphatic hydroxyl groups excluding tert-OH is 1. The molecule has 1 aliphatic rings. The van der Waals surface area contributed by atoms with E-state index >= 15 is 0 Å². The summed E-state index contributed by atoms with van der Waals surface area (Å²) in [5.74, 6) is 0.296. The molecular weight excluding hydrogens is 160 g/mol. The summed E-state index contributed by atoms with van der Waals surface area (Å²) in [5.41, 5.74) is 1.83. The van der Waals surface area contributed by atoms with Crippen LogP contribution in [0.3, 0.4) is 0 Å². The lowest BCUT2D eigenvalue weighted by molar-refractivity contribution is 0.435. The summed E-state index contributed by atoms with van der Waals surface area (Å²) < 4.78 is 0. The van der Waals surface area contributed by atoms with E-state index in [1.165, 1.54) is 0 Å². The Kier molecular flexibility index (Phi) is 1.95. The molecule has 1 aliphatic carbocycles. The van der Waals surface area contributed by atoms with Gasteiger partial charge in [0.25, 0.3) is 0 Å². The molecule has 0 unspecified atom stereocenters. The van der Waals surface area contributed by atoms with Crippen LogP contribution in [0.25, 0.3) is 5.57 Å². The molecule has 1 nitrogen and oxygen atoms in total. The van der Waals surface area contributed by atoms with E-state index in [0.29, 0.717) is 5.76 Å². The molecule has 1 N–H and O–H groups in total. The Bertz CT molecular complexity index is 383. The molecule has 0 heterocycles. The van der Waals surface area contributed by atoms with Gasteiger partial charge >= 0.3 is 0 Å². The van der Waals surface area contributed by atoms with Crippen molar-refractivity contribution < 1.29 is 5.11 Å². The number of benzene rings is 1. The van der Waals surface area contributed by atoms with Crippen LogP contribution in [0.15, 0.2) is 54.3 Å². The molecule has 13 heavy (non-hydrogen) atoms. The van der Waals surface area contributed by atoms with Gasteiger partial charge in [-0.1, -0.05) is 18.2 Å². The van der Waals surface area contributed by atoms with Crippen molar-refractivity contribution >= 4 is 5.57 Å². The molecule has 1 aromatic rings. The number of hydrogen-bond donors (Lipinski definition) is 1. The summed E-state index contributed by atoms with van der Waals surface area (Å²) in [6, 6.07) is 9.77. The van der Waals surface area contributed by atoms with E-state index in [0.717, 1.165) is 11.1 Å². The molecule has 0 spiro atoms. The zero-order valence-electron chi connectivity index (χ0n) is 7.07. The van der Waals surface area contributed by atoms with Crippen molar-refractivity contribution in [1.82, 2.24) is 0 Å². The fourth-order valence-corrected chi connectivity index (χ4v) is 1.27. The van der Waals surface area contributed by atoms with Gasteiger partial charge in [-0.25, -0.2) is 0 Å². The molecule has 0 saturated heterocycles. The van der Waals surface area contributed by atoms with Gasteiger partial charge in [0.1, 0.15) is 17.7 Å². The van der Waals surface area contributed by atoms with E-state index in [4.69, 9.17) is 0 Å². The Labute approximate surface area is 77.3 Å². The van der Waals surface area contributed by atoms with E-state index in [9.17, 15) is 5.11 Å². The lowest BCUT2D eigenvalue weighted by atomic mass is 10.0. The quantitative estimate of drug-likeness (QED) is 0.641. The minimum absolute atomic E-state index is 0.296. The fourth-order valence-electron chi connectivity index (χ4n) is 1.27. The molecule has 0 radical (unpaired) electrons. The summed E-state index contributed by atoms with van der Waals surface area (Å²) in [6.07, 6.45) is 8.06. The minimum Gasteiger partial charge on any atom is -0.487 e. The summed E-state index contributed by atoms with van der Waals surface area (Å²) in [6.45, 7) is 0. The van der Waals surface area contributed by atoms with E-state index < -0.39 is 0 Å². The van der Waals surface area contributed by atoms with E-state index in [1.54, 1.807) is 18.2 Å². The summed E-state index contributed by atoms with van der Waals surface area (Å²) in [4.78, 5) is 0. The van der Waals surface area contributed by atoms with Crippen molar-refractivity contribution in [3.8, 4) is 0 Å². The number of rotatable bonds is 1. The van der Waals surface area contributed by atoms with E-state index in [-0.39, 0.29) is 0 Å². The van der Waals surface area contributed by atoms with Crippen molar-refractivity contribution in [3.05, 3.63) is 66.0 Å². The van der Waals surface area contributed by atoms with Gasteiger partial charge in [-0.2, -0.15) is 0 Å². The predicted molar refractivity (Wildman–Crippen MR) is 52.9 cm³/mol.